The molecule has 1 atom stereocenters. The second kappa shape index (κ2) is 3.96. The van der Waals surface area contributed by atoms with Crippen molar-refractivity contribution in [1.82, 2.24) is 9.97 Å². The molecule has 1 aromatic heterocycles. The van der Waals surface area contributed by atoms with Crippen LogP contribution < -0.4 is 0 Å². The third-order valence-electron chi connectivity index (χ3n) is 2.04. The summed E-state index contributed by atoms with van der Waals surface area (Å²) < 4.78 is 7.63. The van der Waals surface area contributed by atoms with E-state index in [4.69, 9.17) is 1.37 Å². The van der Waals surface area contributed by atoms with Crippen LogP contribution in [0.1, 0.15) is 14.1 Å². The molecule has 3 heteroatoms. The fourth-order valence-electron chi connectivity index (χ4n) is 1.35. The molecule has 0 aliphatic carbocycles. The molecule has 2 rings (SSSR count). The van der Waals surface area contributed by atoms with Gasteiger partial charge < -0.3 is 0 Å². The molecule has 0 amide bonds. The van der Waals surface area contributed by atoms with Crippen molar-refractivity contribution in [2.45, 2.75) is 18.3 Å². The van der Waals surface area contributed by atoms with Crippen LogP contribution in [0.4, 0.5) is 0 Å². The summed E-state index contributed by atoms with van der Waals surface area (Å²) in [6.45, 7) is 1.79. The molecule has 2 aromatic rings. The van der Waals surface area contributed by atoms with Crippen molar-refractivity contribution in [3.05, 3.63) is 30.1 Å². The summed E-state index contributed by atoms with van der Waals surface area (Å²) in [6.07, 6.45) is 1.62. The Morgan fingerprint density at radius 1 is 1.36 bits per heavy atom. The highest BCUT2D eigenvalue weighted by Gasteiger charge is 2.04. The van der Waals surface area contributed by atoms with Crippen LogP contribution in [0.5, 0.6) is 0 Å². The van der Waals surface area contributed by atoms with Crippen molar-refractivity contribution in [2.75, 3.05) is 6.26 Å². The average molecular weight is 205 g/mol. The van der Waals surface area contributed by atoms with Crippen LogP contribution in [0.15, 0.2) is 29.3 Å². The van der Waals surface area contributed by atoms with Crippen LogP contribution in [-0.4, -0.2) is 16.2 Å². The number of hydrogen-bond donors (Lipinski definition) is 0. The minimum atomic E-state index is -0.375. The van der Waals surface area contributed by atoms with Gasteiger partial charge in [0.05, 0.1) is 5.52 Å². The number of thioether (sulfide) groups is 1. The highest BCUT2D eigenvalue weighted by atomic mass is 32.2. The lowest BCUT2D eigenvalue weighted by molar-refractivity contribution is 0.917. The van der Waals surface area contributed by atoms with E-state index in [1.54, 1.807) is 18.7 Å². The van der Waals surface area contributed by atoms with E-state index in [0.29, 0.717) is 5.82 Å². The van der Waals surface area contributed by atoms with Gasteiger partial charge in [-0.25, -0.2) is 9.97 Å². The van der Waals surface area contributed by atoms with Gasteiger partial charge in [0.15, 0.2) is 0 Å². The number of aryl methyl sites for hydroxylation is 1. The van der Waals surface area contributed by atoms with E-state index in [9.17, 15) is 0 Å². The van der Waals surface area contributed by atoms with Crippen molar-refractivity contribution in [3.63, 3.8) is 0 Å². The van der Waals surface area contributed by atoms with Gasteiger partial charge in [-0.3, -0.25) is 0 Å². The minimum absolute atomic E-state index is 0.375. The van der Waals surface area contributed by atoms with Gasteiger partial charge in [0.25, 0.3) is 0 Å². The van der Waals surface area contributed by atoms with Crippen LogP contribution in [0.2, 0.25) is 0 Å². The topological polar surface area (TPSA) is 25.8 Å². The molecule has 0 saturated heterocycles. The van der Waals surface area contributed by atoms with Gasteiger partial charge in [0.1, 0.15) is 10.9 Å². The smallest absolute Gasteiger partial charge is 0.130 e. The highest BCUT2D eigenvalue weighted by molar-refractivity contribution is 7.98. The lowest BCUT2D eigenvalue weighted by atomic mass is 10.2. The van der Waals surface area contributed by atoms with Gasteiger partial charge >= 0.3 is 0 Å². The maximum Gasteiger partial charge on any atom is 0.130 e. The molecule has 0 aliphatic rings. The summed E-state index contributed by atoms with van der Waals surface area (Å²) in [5, 5.41) is 2.02. The van der Waals surface area contributed by atoms with Crippen molar-refractivity contribution >= 4 is 22.7 Å². The first-order valence-corrected chi connectivity index (χ1v) is 5.67. The molecule has 0 spiro atoms. The third-order valence-corrected chi connectivity index (χ3v) is 2.74. The monoisotopic (exact) mass is 205 g/mol. The van der Waals surface area contributed by atoms with E-state index < -0.39 is 0 Å². The number of nitrogens with zero attached hydrogens (tertiary/aromatic N) is 2. The Morgan fingerprint density at radius 3 is 2.86 bits per heavy atom. The van der Waals surface area contributed by atoms with E-state index >= 15 is 0 Å². The maximum atomic E-state index is 7.63. The Bertz CT molecular complexity index is 485. The summed E-state index contributed by atoms with van der Waals surface area (Å²) in [5.74, 6) is 0.595. The molecule has 0 radical (unpaired) electrons. The zero-order valence-electron chi connectivity index (χ0n) is 9.19. The summed E-state index contributed by atoms with van der Waals surface area (Å²) in [7, 11) is 0. The second-order valence-electron chi connectivity index (χ2n) is 2.90. The van der Waals surface area contributed by atoms with Crippen LogP contribution in [0.3, 0.4) is 0 Å². The van der Waals surface area contributed by atoms with Gasteiger partial charge in [-0.1, -0.05) is 25.1 Å². The number of hydrogen-bond acceptors (Lipinski definition) is 3. The van der Waals surface area contributed by atoms with E-state index in [-0.39, 0.29) is 6.40 Å². The number of fused-ring (bicyclic) bond motifs is 1. The normalized spacial score (nSPS) is 14.0. The van der Waals surface area contributed by atoms with Crippen LogP contribution >= 0.6 is 11.8 Å². The number of benzene rings is 1. The molecular formula is C11H12N2S. The molecule has 0 fully saturated rings. The molecule has 2 nitrogen and oxygen atoms in total. The van der Waals surface area contributed by atoms with Crippen molar-refractivity contribution in [1.29, 1.82) is 0 Å². The van der Waals surface area contributed by atoms with Crippen LogP contribution in [-0.2, 0) is 6.40 Å². The lowest BCUT2D eigenvalue weighted by Gasteiger charge is -2.04. The Hall–Kier alpha value is -1.09. The van der Waals surface area contributed by atoms with E-state index in [1.807, 2.05) is 30.5 Å². The fourth-order valence-corrected chi connectivity index (χ4v) is 1.93. The Morgan fingerprint density at radius 2 is 2.14 bits per heavy atom. The average Bonchev–Trinajstić information content (AvgIpc) is 2.27. The standard InChI is InChI=1S/C11H12N2S/c1-3-10-12-9-7-5-4-6-8(9)11(13-10)14-2/h4-7H,3H2,1-2H3/i3D. The molecule has 1 heterocycles. The number of rotatable bonds is 2. The van der Waals surface area contributed by atoms with Gasteiger partial charge in [0, 0.05) is 13.2 Å². The third kappa shape index (κ3) is 1.60. The SMILES string of the molecule is [2H]C(C)c1nc(SC)c2ccccc2n1. The lowest BCUT2D eigenvalue weighted by Crippen LogP contribution is -1.95. The fraction of sp³-hybridized carbons (Fsp3) is 0.273. The Kier molecular flexibility index (Phi) is 2.33. The second-order valence-corrected chi connectivity index (χ2v) is 3.69. The van der Waals surface area contributed by atoms with E-state index in [0.717, 1.165) is 15.9 Å². The molecule has 1 aromatic carbocycles. The summed E-state index contributed by atoms with van der Waals surface area (Å²) in [6, 6.07) is 7.91. The molecule has 72 valence electrons. The number of para-hydroxylation sites is 1. The molecule has 1 unspecified atom stereocenters. The molecule has 0 N–H and O–H groups in total. The van der Waals surface area contributed by atoms with Gasteiger partial charge in [0.2, 0.25) is 0 Å². The zero-order chi connectivity index (χ0) is 10.8. The predicted octanol–water partition coefficient (Wildman–Crippen LogP) is 2.91. The molecule has 0 saturated carbocycles. The van der Waals surface area contributed by atoms with Crippen LogP contribution in [0, 0.1) is 0 Å². The van der Waals surface area contributed by atoms with Gasteiger partial charge in [-0.2, -0.15) is 0 Å². The van der Waals surface area contributed by atoms with Crippen molar-refractivity contribution in [3.8, 4) is 0 Å². The highest BCUT2D eigenvalue weighted by Crippen LogP contribution is 2.22. The van der Waals surface area contributed by atoms with E-state index in [1.165, 1.54) is 0 Å². The zero-order valence-corrected chi connectivity index (χ0v) is 9.01. The van der Waals surface area contributed by atoms with Crippen molar-refractivity contribution < 1.29 is 1.37 Å². The van der Waals surface area contributed by atoms with Crippen molar-refractivity contribution in [2.24, 2.45) is 0 Å². The first-order valence-electron chi connectivity index (χ1n) is 5.03. The van der Waals surface area contributed by atoms with Crippen LogP contribution in [0.25, 0.3) is 10.9 Å². The first-order chi connectivity index (χ1) is 7.22. The number of aromatic nitrogens is 2. The minimum Gasteiger partial charge on any atom is -0.233 e. The van der Waals surface area contributed by atoms with Gasteiger partial charge in [-0.15, -0.1) is 11.8 Å². The first kappa shape index (κ1) is 8.24. The Labute approximate surface area is 89.2 Å². The summed E-state index contributed by atoms with van der Waals surface area (Å²) in [5.41, 5.74) is 0.922. The quantitative estimate of drug-likeness (QED) is 0.557. The predicted molar refractivity (Wildman–Crippen MR) is 60.7 cm³/mol. The molecule has 0 aliphatic heterocycles. The Balaban J connectivity index is 2.71. The maximum absolute atomic E-state index is 7.63. The molecule has 0 bridgehead atoms. The van der Waals surface area contributed by atoms with E-state index in [2.05, 4.69) is 9.97 Å². The molecular weight excluding hydrogens is 192 g/mol. The van der Waals surface area contributed by atoms with Gasteiger partial charge in [-0.05, 0) is 12.3 Å². The summed E-state index contributed by atoms with van der Waals surface area (Å²) >= 11 is 1.60. The largest absolute Gasteiger partial charge is 0.233 e. The summed E-state index contributed by atoms with van der Waals surface area (Å²) in [4.78, 5) is 8.75. The molecule has 14 heavy (non-hydrogen) atoms.